The fourth-order valence-electron chi connectivity index (χ4n) is 0.925. The molecule has 2 rings (SSSR count). The van der Waals surface area contributed by atoms with E-state index in [9.17, 15) is 0 Å². The van der Waals surface area contributed by atoms with Crippen LogP contribution in [0.25, 0.3) is 0 Å². The van der Waals surface area contributed by atoms with Crippen molar-refractivity contribution < 1.29 is 0 Å². The fraction of sp³-hybridized carbons (Fsp3) is 1.00. The molecule has 0 spiro atoms. The quantitative estimate of drug-likeness (QED) is 0.393. The van der Waals surface area contributed by atoms with Crippen LogP contribution in [0.2, 0.25) is 21.3 Å². The summed E-state index contributed by atoms with van der Waals surface area (Å²) in [4.78, 5) is 0. The molecular formula is C8H18N2Se5. The van der Waals surface area contributed by atoms with Gasteiger partial charge in [0.05, 0.1) is 0 Å². The van der Waals surface area contributed by atoms with Crippen LogP contribution in [0.1, 0.15) is 0 Å². The van der Waals surface area contributed by atoms with E-state index in [0.29, 0.717) is 0 Å². The Kier molecular flexibility index (Phi) is 13.5. The van der Waals surface area contributed by atoms with E-state index >= 15 is 0 Å². The molecule has 0 bridgehead atoms. The molecule has 90 valence electrons. The van der Waals surface area contributed by atoms with Crippen molar-refractivity contribution in [3.63, 3.8) is 0 Å². The summed E-state index contributed by atoms with van der Waals surface area (Å²) in [5.74, 6) is 0. The Morgan fingerprint density at radius 1 is 0.533 bits per heavy atom. The average Bonchev–Trinajstić information content (AvgIpc) is 2.48. The summed E-state index contributed by atoms with van der Waals surface area (Å²) in [6.07, 6.45) is 0. The maximum atomic E-state index is 3.43. The van der Waals surface area contributed by atoms with Crippen LogP contribution in [0.15, 0.2) is 0 Å². The zero-order valence-electron chi connectivity index (χ0n) is 8.70. The Hall–Kier alpha value is 2.52. The molecule has 2 fully saturated rings. The third-order valence-corrected chi connectivity index (χ3v) is 27.6. The number of rotatable bonds is 0. The van der Waals surface area contributed by atoms with Gasteiger partial charge in [0.1, 0.15) is 0 Å². The summed E-state index contributed by atoms with van der Waals surface area (Å²) in [5.41, 5.74) is 0. The van der Waals surface area contributed by atoms with Gasteiger partial charge in [0.15, 0.2) is 0 Å². The van der Waals surface area contributed by atoms with Crippen LogP contribution >= 0.6 is 0 Å². The van der Waals surface area contributed by atoms with E-state index in [1.165, 1.54) is 47.5 Å². The van der Waals surface area contributed by atoms with Crippen LogP contribution in [0.3, 0.4) is 0 Å². The average molecular weight is 537 g/mol. The van der Waals surface area contributed by atoms with Gasteiger partial charge in [0.25, 0.3) is 0 Å². The zero-order chi connectivity index (χ0) is 10.6. The van der Waals surface area contributed by atoms with Crippen LogP contribution < -0.4 is 10.6 Å². The van der Waals surface area contributed by atoms with Gasteiger partial charge >= 0.3 is 122 Å². The van der Waals surface area contributed by atoms with Gasteiger partial charge in [0, 0.05) is 0 Å². The minimum absolute atomic E-state index is 1.04. The summed E-state index contributed by atoms with van der Waals surface area (Å²) < 4.78 is 0. The van der Waals surface area contributed by atoms with Gasteiger partial charge in [-0.15, -0.1) is 0 Å². The zero-order valence-corrected chi connectivity index (χ0v) is 17.3. The van der Waals surface area contributed by atoms with Gasteiger partial charge in [-0.3, -0.25) is 0 Å². The van der Waals surface area contributed by atoms with Gasteiger partial charge < -0.3 is 0 Å². The molecule has 15 heavy (non-hydrogen) atoms. The SMILES string of the molecule is C1C[Se][Se]CCN1.C1C[Se][Se][Se]CCN1. The molecule has 2 heterocycles. The summed E-state index contributed by atoms with van der Waals surface area (Å²) in [7, 11) is 0. The van der Waals surface area contributed by atoms with Crippen LogP contribution in [0.5, 0.6) is 0 Å². The molecule has 0 atom stereocenters. The molecular weight excluding hydrogens is 519 g/mol. The Balaban J connectivity index is 0.000000151. The van der Waals surface area contributed by atoms with E-state index in [1.807, 2.05) is 0 Å². The molecule has 0 aromatic rings. The van der Waals surface area contributed by atoms with Crippen molar-refractivity contribution in [2.24, 2.45) is 0 Å². The summed E-state index contributed by atoms with van der Waals surface area (Å²) in [6, 6.07) is 0. The topological polar surface area (TPSA) is 24.1 Å². The Morgan fingerprint density at radius 2 is 0.933 bits per heavy atom. The van der Waals surface area contributed by atoms with E-state index in [-0.39, 0.29) is 0 Å². The standard InChI is InChI=1S/C4H9NSe3.C4H9NSe2/c1-3-6-8-7-4-2-5-1;1-3-6-7-4-2-5-1/h5H,1-4H2;5H,1-4H2. The van der Waals surface area contributed by atoms with Crippen LogP contribution in [-0.2, 0) is 0 Å². The number of hydrogen-bond donors (Lipinski definition) is 2. The van der Waals surface area contributed by atoms with Crippen LogP contribution in [0.4, 0.5) is 0 Å². The summed E-state index contributed by atoms with van der Waals surface area (Å²) in [6.45, 7) is 5.19. The van der Waals surface area contributed by atoms with E-state index in [4.69, 9.17) is 0 Å². The number of hydrogen-bond acceptors (Lipinski definition) is 2. The van der Waals surface area contributed by atoms with Gasteiger partial charge in [-0.25, -0.2) is 0 Å². The minimum atomic E-state index is 1.04. The first kappa shape index (κ1) is 15.6. The summed E-state index contributed by atoms with van der Waals surface area (Å²) >= 11 is 5.30. The second kappa shape index (κ2) is 13.0. The van der Waals surface area contributed by atoms with Crippen molar-refractivity contribution in [2.45, 2.75) is 21.3 Å². The first-order valence-corrected chi connectivity index (χ1v) is 22.9. The molecule has 0 aromatic carbocycles. The van der Waals surface area contributed by atoms with Crippen LogP contribution in [-0.4, -0.2) is 90.0 Å². The Bertz CT molecular complexity index is 94.5. The molecule has 2 saturated heterocycles. The van der Waals surface area contributed by atoms with E-state index in [1.54, 1.807) is 0 Å². The molecule has 0 saturated carbocycles. The van der Waals surface area contributed by atoms with Crippen molar-refractivity contribution in [1.82, 2.24) is 10.6 Å². The van der Waals surface area contributed by atoms with E-state index in [2.05, 4.69) is 10.6 Å². The Labute approximate surface area is 120 Å². The molecule has 0 aromatic heterocycles. The summed E-state index contributed by atoms with van der Waals surface area (Å²) in [5, 5.41) is 12.8. The monoisotopic (exact) mass is 542 g/mol. The second-order valence-corrected chi connectivity index (χ2v) is 28.0. The van der Waals surface area contributed by atoms with Gasteiger partial charge in [-0.2, -0.15) is 0 Å². The van der Waals surface area contributed by atoms with Crippen LogP contribution in [0, 0.1) is 0 Å². The maximum absolute atomic E-state index is 3.43. The van der Waals surface area contributed by atoms with Crippen molar-refractivity contribution in [1.29, 1.82) is 0 Å². The van der Waals surface area contributed by atoms with Gasteiger partial charge in [-0.05, 0) is 0 Å². The van der Waals surface area contributed by atoms with E-state index in [0.717, 1.165) is 63.8 Å². The number of nitrogens with one attached hydrogen (secondary N) is 2. The Morgan fingerprint density at radius 3 is 1.40 bits per heavy atom. The predicted molar refractivity (Wildman–Crippen MR) is 73.7 cm³/mol. The third-order valence-electron chi connectivity index (χ3n) is 1.63. The molecule has 2 N–H and O–H groups in total. The van der Waals surface area contributed by atoms with E-state index < -0.39 is 0 Å². The molecule has 2 aliphatic rings. The molecule has 0 radical (unpaired) electrons. The first-order valence-electron chi connectivity index (χ1n) is 5.07. The molecule has 0 aliphatic carbocycles. The van der Waals surface area contributed by atoms with Crippen molar-refractivity contribution in [2.75, 3.05) is 26.2 Å². The molecule has 0 amide bonds. The molecule has 2 nitrogen and oxygen atoms in total. The predicted octanol–water partition coefficient (Wildman–Crippen LogP) is -0.882. The van der Waals surface area contributed by atoms with Crippen molar-refractivity contribution in [3.05, 3.63) is 0 Å². The fourth-order valence-corrected chi connectivity index (χ4v) is 23.8. The molecule has 0 unspecified atom stereocenters. The molecule has 2 aliphatic heterocycles. The van der Waals surface area contributed by atoms with Gasteiger partial charge in [0.2, 0.25) is 0 Å². The second-order valence-electron chi connectivity index (χ2n) is 2.86. The first-order chi connectivity index (χ1) is 7.50. The molecule has 7 heteroatoms. The van der Waals surface area contributed by atoms with Crippen molar-refractivity contribution in [3.8, 4) is 0 Å². The van der Waals surface area contributed by atoms with Crippen molar-refractivity contribution >= 4 is 63.8 Å². The van der Waals surface area contributed by atoms with Gasteiger partial charge in [-0.1, -0.05) is 0 Å². The third kappa shape index (κ3) is 11.3. The normalized spacial score (nSPS) is 24.0.